The Morgan fingerprint density at radius 3 is 2.67 bits per heavy atom. The monoisotopic (exact) mass is 251 g/mol. The normalized spacial score (nSPS) is 11.4. The molecule has 0 radical (unpaired) electrons. The lowest BCUT2D eigenvalue weighted by molar-refractivity contribution is 0.599. The van der Waals surface area contributed by atoms with Crippen LogP contribution in [0.2, 0.25) is 5.02 Å². The highest BCUT2D eigenvalue weighted by atomic mass is 35.5. The second kappa shape index (κ2) is 4.81. The van der Waals surface area contributed by atoms with E-state index in [1.54, 1.807) is 6.92 Å². The molecule has 1 N–H and O–H groups in total. The Morgan fingerprint density at radius 2 is 2.13 bits per heavy atom. The van der Waals surface area contributed by atoms with Crippen molar-refractivity contribution in [3.05, 3.63) is 29.0 Å². The van der Waals surface area contributed by atoms with Gasteiger partial charge in [-0.15, -0.1) is 0 Å². The first-order chi connectivity index (χ1) is 6.94. The van der Waals surface area contributed by atoms with Gasteiger partial charge in [0.1, 0.15) is 5.82 Å². The second-order valence-corrected chi connectivity index (χ2v) is 5.30. The van der Waals surface area contributed by atoms with Crippen molar-refractivity contribution in [1.82, 2.24) is 0 Å². The van der Waals surface area contributed by atoms with Crippen molar-refractivity contribution < 1.29 is 12.8 Å². The van der Waals surface area contributed by atoms with Gasteiger partial charge >= 0.3 is 0 Å². The van der Waals surface area contributed by atoms with Crippen LogP contribution >= 0.6 is 11.6 Å². The highest BCUT2D eigenvalue weighted by Crippen LogP contribution is 2.19. The predicted octanol–water partition coefficient (Wildman–Crippen LogP) is 2.63. The zero-order chi connectivity index (χ0) is 11.5. The van der Waals surface area contributed by atoms with Crippen LogP contribution in [-0.4, -0.2) is 14.2 Å². The zero-order valence-electron chi connectivity index (χ0n) is 8.13. The number of sulfonamides is 1. The van der Waals surface area contributed by atoms with Crippen molar-refractivity contribution in [2.24, 2.45) is 0 Å². The third kappa shape index (κ3) is 3.68. The number of halogens is 2. The van der Waals surface area contributed by atoms with Crippen LogP contribution in [0, 0.1) is 5.82 Å². The lowest BCUT2D eigenvalue weighted by Crippen LogP contribution is -2.16. The Labute approximate surface area is 93.3 Å². The summed E-state index contributed by atoms with van der Waals surface area (Å²) in [6, 6.07) is 3.77. The van der Waals surface area contributed by atoms with Crippen molar-refractivity contribution in [2.75, 3.05) is 10.5 Å². The third-order valence-electron chi connectivity index (χ3n) is 1.67. The first-order valence-electron chi connectivity index (χ1n) is 4.40. The van der Waals surface area contributed by atoms with Gasteiger partial charge < -0.3 is 0 Å². The zero-order valence-corrected chi connectivity index (χ0v) is 9.70. The molecular formula is C9H11ClFNO2S. The molecule has 1 aromatic carbocycles. The predicted molar refractivity (Wildman–Crippen MR) is 59.1 cm³/mol. The molecule has 6 heteroatoms. The number of anilines is 1. The Bertz CT molecular complexity index is 447. The fourth-order valence-electron chi connectivity index (χ4n) is 1.06. The molecule has 84 valence electrons. The topological polar surface area (TPSA) is 46.2 Å². The third-order valence-corrected chi connectivity index (χ3v) is 3.46. The molecule has 0 fully saturated rings. The highest BCUT2D eigenvalue weighted by Gasteiger charge is 2.09. The highest BCUT2D eigenvalue weighted by molar-refractivity contribution is 7.92. The maximum atomic E-state index is 13.0. The summed E-state index contributed by atoms with van der Waals surface area (Å²) in [4.78, 5) is 0. The lowest BCUT2D eigenvalue weighted by Gasteiger charge is -2.06. The largest absolute Gasteiger partial charge is 0.283 e. The van der Waals surface area contributed by atoms with Gasteiger partial charge in [-0.25, -0.2) is 12.8 Å². The van der Waals surface area contributed by atoms with Crippen LogP contribution in [-0.2, 0) is 10.0 Å². The molecular weight excluding hydrogens is 241 g/mol. The van der Waals surface area contributed by atoms with E-state index in [2.05, 4.69) is 4.72 Å². The number of hydrogen-bond acceptors (Lipinski definition) is 2. The van der Waals surface area contributed by atoms with Crippen LogP contribution in [0.1, 0.15) is 13.3 Å². The van der Waals surface area contributed by atoms with E-state index in [-0.39, 0.29) is 16.5 Å². The maximum absolute atomic E-state index is 13.0. The van der Waals surface area contributed by atoms with Gasteiger partial charge in [0.25, 0.3) is 0 Å². The van der Waals surface area contributed by atoms with E-state index in [1.165, 1.54) is 12.1 Å². The molecule has 0 aromatic heterocycles. The molecule has 0 bridgehead atoms. The van der Waals surface area contributed by atoms with Crippen LogP contribution in [0.4, 0.5) is 10.1 Å². The minimum atomic E-state index is -3.37. The SMILES string of the molecule is CCCS(=O)(=O)Nc1ccc(Cl)c(F)c1. The first kappa shape index (κ1) is 12.3. The van der Waals surface area contributed by atoms with Crippen LogP contribution in [0.5, 0.6) is 0 Å². The van der Waals surface area contributed by atoms with Crippen LogP contribution in [0.3, 0.4) is 0 Å². The number of hydrogen-bond donors (Lipinski definition) is 1. The summed E-state index contributed by atoms with van der Waals surface area (Å²) in [6.07, 6.45) is 0.505. The molecule has 0 saturated carbocycles. The van der Waals surface area contributed by atoms with E-state index in [0.717, 1.165) is 6.07 Å². The van der Waals surface area contributed by atoms with Crippen molar-refractivity contribution in [1.29, 1.82) is 0 Å². The van der Waals surface area contributed by atoms with Crippen molar-refractivity contribution in [2.45, 2.75) is 13.3 Å². The molecule has 0 saturated heterocycles. The second-order valence-electron chi connectivity index (χ2n) is 3.05. The number of rotatable bonds is 4. The molecule has 1 aromatic rings. The summed E-state index contributed by atoms with van der Waals surface area (Å²) >= 11 is 5.46. The summed E-state index contributed by atoms with van der Waals surface area (Å²) < 4.78 is 37.9. The van der Waals surface area contributed by atoms with E-state index in [9.17, 15) is 12.8 Å². The molecule has 0 spiro atoms. The van der Waals surface area contributed by atoms with Crippen molar-refractivity contribution in [3.8, 4) is 0 Å². The minimum Gasteiger partial charge on any atom is -0.283 e. The Balaban J connectivity index is 2.86. The van der Waals surface area contributed by atoms with E-state index in [1.807, 2.05) is 0 Å². The van der Waals surface area contributed by atoms with Gasteiger partial charge in [0.05, 0.1) is 16.5 Å². The van der Waals surface area contributed by atoms with Gasteiger partial charge in [0.2, 0.25) is 10.0 Å². The molecule has 0 aliphatic heterocycles. The molecule has 0 aliphatic rings. The fraction of sp³-hybridized carbons (Fsp3) is 0.333. The van der Waals surface area contributed by atoms with E-state index < -0.39 is 15.8 Å². The van der Waals surface area contributed by atoms with Crippen molar-refractivity contribution >= 4 is 27.3 Å². The molecule has 0 aliphatic carbocycles. The molecule has 15 heavy (non-hydrogen) atoms. The summed E-state index contributed by atoms with van der Waals surface area (Å²) in [5.41, 5.74) is 0.186. The van der Waals surface area contributed by atoms with Gasteiger partial charge in [-0.3, -0.25) is 4.72 Å². The summed E-state index contributed by atoms with van der Waals surface area (Å²) in [5, 5.41) is -0.0339. The quantitative estimate of drug-likeness (QED) is 0.894. The van der Waals surface area contributed by atoms with E-state index in [0.29, 0.717) is 6.42 Å². The van der Waals surface area contributed by atoms with Gasteiger partial charge in [0.15, 0.2) is 0 Å². The van der Waals surface area contributed by atoms with Gasteiger partial charge in [-0.05, 0) is 24.6 Å². The average Bonchev–Trinajstić information content (AvgIpc) is 2.10. The molecule has 0 atom stereocenters. The van der Waals surface area contributed by atoms with E-state index >= 15 is 0 Å². The maximum Gasteiger partial charge on any atom is 0.232 e. The smallest absolute Gasteiger partial charge is 0.232 e. The van der Waals surface area contributed by atoms with Crippen molar-refractivity contribution in [3.63, 3.8) is 0 Å². The van der Waals surface area contributed by atoms with Crippen LogP contribution in [0.15, 0.2) is 18.2 Å². The standard InChI is InChI=1S/C9H11ClFNO2S/c1-2-5-15(13,14)12-7-3-4-8(10)9(11)6-7/h3-4,6,12H,2,5H2,1H3. The Kier molecular flexibility index (Phi) is 3.93. The summed E-state index contributed by atoms with van der Waals surface area (Å²) in [7, 11) is -3.37. The Morgan fingerprint density at radius 1 is 1.47 bits per heavy atom. The lowest BCUT2D eigenvalue weighted by atomic mass is 10.3. The van der Waals surface area contributed by atoms with Gasteiger partial charge in [0, 0.05) is 0 Å². The fourth-order valence-corrected chi connectivity index (χ4v) is 2.30. The molecule has 0 unspecified atom stereocenters. The summed E-state index contributed by atoms with van der Waals surface area (Å²) in [5.74, 6) is -0.634. The minimum absolute atomic E-state index is 0.0112. The number of nitrogens with one attached hydrogen (secondary N) is 1. The molecule has 0 amide bonds. The van der Waals surface area contributed by atoms with Gasteiger partial charge in [-0.1, -0.05) is 18.5 Å². The number of benzene rings is 1. The molecule has 0 heterocycles. The Hall–Kier alpha value is -0.810. The van der Waals surface area contributed by atoms with Gasteiger partial charge in [-0.2, -0.15) is 0 Å². The van der Waals surface area contributed by atoms with E-state index in [4.69, 9.17) is 11.6 Å². The summed E-state index contributed by atoms with van der Waals surface area (Å²) in [6.45, 7) is 1.75. The van der Waals surface area contributed by atoms with Crippen LogP contribution < -0.4 is 4.72 Å². The average molecular weight is 252 g/mol. The first-order valence-corrected chi connectivity index (χ1v) is 6.43. The molecule has 1 rings (SSSR count). The van der Waals surface area contributed by atoms with Crippen LogP contribution in [0.25, 0.3) is 0 Å². The molecule has 3 nitrogen and oxygen atoms in total.